The first-order chi connectivity index (χ1) is 10.1. The molecule has 0 saturated heterocycles. The quantitative estimate of drug-likeness (QED) is 0.852. The number of carbonyl (C=O) groups is 1. The molecule has 108 valence electrons. The van der Waals surface area contributed by atoms with Gasteiger partial charge in [-0.3, -0.25) is 4.79 Å². The number of phenolic OH excluding ortho intramolecular Hbond substituents is 1. The predicted molar refractivity (Wildman–Crippen MR) is 84.2 cm³/mol. The summed E-state index contributed by atoms with van der Waals surface area (Å²) < 4.78 is 0. The highest BCUT2D eigenvalue weighted by Crippen LogP contribution is 2.17. The molecule has 0 radical (unpaired) electrons. The topological polar surface area (TPSA) is 66.6 Å². The molecular weight excluding hydrogens is 284 g/mol. The van der Waals surface area contributed by atoms with Gasteiger partial charge in [-0.15, -0.1) is 11.3 Å². The van der Waals surface area contributed by atoms with Crippen LogP contribution in [0, 0.1) is 11.8 Å². The van der Waals surface area contributed by atoms with E-state index in [-0.39, 0.29) is 11.7 Å². The second-order valence-corrected chi connectivity index (χ2v) is 5.45. The van der Waals surface area contributed by atoms with Crippen LogP contribution in [-0.2, 0) is 6.54 Å². The molecule has 0 unspecified atom stereocenters. The van der Waals surface area contributed by atoms with E-state index in [4.69, 9.17) is 5.73 Å². The number of thiophene rings is 1. The molecule has 2 aromatic rings. The lowest BCUT2D eigenvalue weighted by Crippen LogP contribution is -2.25. The number of hydrogen-bond donors (Lipinski definition) is 2. The number of hydrogen-bond acceptors (Lipinski definition) is 4. The van der Waals surface area contributed by atoms with Crippen molar-refractivity contribution in [1.29, 1.82) is 0 Å². The van der Waals surface area contributed by atoms with Gasteiger partial charge in [-0.1, -0.05) is 17.9 Å². The second-order valence-electron chi connectivity index (χ2n) is 4.54. The summed E-state index contributed by atoms with van der Waals surface area (Å²) in [4.78, 5) is 14.8. The van der Waals surface area contributed by atoms with Crippen molar-refractivity contribution in [2.45, 2.75) is 6.54 Å². The summed E-state index contributed by atoms with van der Waals surface area (Å²) in [5.41, 5.74) is 6.83. The number of carbonyl (C=O) groups excluding carboxylic acids is 1. The molecule has 0 aliphatic carbocycles. The summed E-state index contributed by atoms with van der Waals surface area (Å²) in [6.07, 6.45) is 0. The predicted octanol–water partition coefficient (Wildman–Crippen LogP) is 2.04. The van der Waals surface area contributed by atoms with E-state index >= 15 is 0 Å². The fourth-order valence-electron chi connectivity index (χ4n) is 1.87. The van der Waals surface area contributed by atoms with Gasteiger partial charge in [0.25, 0.3) is 5.91 Å². The summed E-state index contributed by atoms with van der Waals surface area (Å²) in [7, 11) is 1.73. The minimum absolute atomic E-state index is 0.0872. The van der Waals surface area contributed by atoms with E-state index in [0.717, 1.165) is 10.4 Å². The van der Waals surface area contributed by atoms with E-state index in [9.17, 15) is 9.90 Å². The van der Waals surface area contributed by atoms with E-state index in [2.05, 4.69) is 11.8 Å². The van der Waals surface area contributed by atoms with Crippen LogP contribution >= 0.6 is 11.3 Å². The average Bonchev–Trinajstić information content (AvgIpc) is 2.91. The van der Waals surface area contributed by atoms with Crippen molar-refractivity contribution in [2.24, 2.45) is 5.73 Å². The molecule has 1 aromatic heterocycles. The average molecular weight is 300 g/mol. The van der Waals surface area contributed by atoms with Crippen LogP contribution < -0.4 is 5.73 Å². The Morgan fingerprint density at radius 2 is 2.24 bits per heavy atom. The highest BCUT2D eigenvalue weighted by atomic mass is 32.1. The Labute approximate surface area is 127 Å². The van der Waals surface area contributed by atoms with Gasteiger partial charge in [0.15, 0.2) is 0 Å². The van der Waals surface area contributed by atoms with Gasteiger partial charge >= 0.3 is 0 Å². The minimum atomic E-state index is -0.133. The maximum absolute atomic E-state index is 12.3. The Hall–Kier alpha value is -2.29. The number of rotatable bonds is 3. The summed E-state index contributed by atoms with van der Waals surface area (Å²) in [6, 6.07) is 8.30. The van der Waals surface area contributed by atoms with Crippen LogP contribution in [0.3, 0.4) is 0 Å². The molecule has 3 N–H and O–H groups in total. The second kappa shape index (κ2) is 6.93. The van der Waals surface area contributed by atoms with Crippen LogP contribution in [-0.4, -0.2) is 29.5 Å². The van der Waals surface area contributed by atoms with Gasteiger partial charge in [0.1, 0.15) is 5.75 Å². The molecule has 21 heavy (non-hydrogen) atoms. The molecule has 0 atom stereocenters. The zero-order valence-corrected chi connectivity index (χ0v) is 12.5. The van der Waals surface area contributed by atoms with Gasteiger partial charge in [0.05, 0.1) is 11.4 Å². The molecule has 0 bridgehead atoms. The summed E-state index contributed by atoms with van der Waals surface area (Å²) in [5.74, 6) is 5.73. The maximum atomic E-state index is 12.3. The third-order valence-corrected chi connectivity index (χ3v) is 3.72. The SMILES string of the molecule is CN(Cc1csc(C#CCN)c1)C(=O)c1cccc(O)c1. The molecule has 1 heterocycles. The van der Waals surface area contributed by atoms with Crippen molar-refractivity contribution >= 4 is 17.2 Å². The molecule has 1 amide bonds. The lowest BCUT2D eigenvalue weighted by molar-refractivity contribution is 0.0785. The van der Waals surface area contributed by atoms with E-state index < -0.39 is 0 Å². The van der Waals surface area contributed by atoms with E-state index in [1.165, 1.54) is 23.5 Å². The Kier molecular flexibility index (Phi) is 4.99. The van der Waals surface area contributed by atoms with Gasteiger partial charge in [0, 0.05) is 19.2 Å². The molecule has 0 spiro atoms. The van der Waals surface area contributed by atoms with E-state index in [1.54, 1.807) is 24.1 Å². The Morgan fingerprint density at radius 1 is 1.43 bits per heavy atom. The van der Waals surface area contributed by atoms with Crippen LogP contribution in [0.15, 0.2) is 35.7 Å². The van der Waals surface area contributed by atoms with Crippen molar-refractivity contribution in [3.05, 3.63) is 51.7 Å². The third-order valence-electron chi connectivity index (χ3n) is 2.83. The highest BCUT2D eigenvalue weighted by Gasteiger charge is 2.13. The van der Waals surface area contributed by atoms with Crippen LogP contribution in [0.5, 0.6) is 5.75 Å². The number of amides is 1. The molecule has 1 aromatic carbocycles. The first-order valence-electron chi connectivity index (χ1n) is 6.41. The fourth-order valence-corrected chi connectivity index (χ4v) is 2.64. The first-order valence-corrected chi connectivity index (χ1v) is 7.29. The Balaban J connectivity index is 2.05. The largest absolute Gasteiger partial charge is 0.508 e. The zero-order valence-electron chi connectivity index (χ0n) is 11.7. The number of aromatic hydroxyl groups is 1. The molecule has 0 fully saturated rings. The fraction of sp³-hybridized carbons (Fsp3) is 0.188. The van der Waals surface area contributed by atoms with Crippen molar-refractivity contribution < 1.29 is 9.90 Å². The van der Waals surface area contributed by atoms with Crippen molar-refractivity contribution in [3.63, 3.8) is 0 Å². The standard InChI is InChI=1S/C16H16N2O2S/c1-18(16(20)13-4-2-5-14(19)9-13)10-12-8-15(21-11-12)6-3-7-17/h2,4-5,8-9,11,19H,7,10,17H2,1H3. The maximum Gasteiger partial charge on any atom is 0.254 e. The molecule has 4 nitrogen and oxygen atoms in total. The van der Waals surface area contributed by atoms with Gasteiger partial charge in [-0.05, 0) is 35.2 Å². The van der Waals surface area contributed by atoms with Crippen molar-refractivity contribution in [3.8, 4) is 17.6 Å². The number of phenols is 1. The molecule has 2 rings (SSSR count). The number of nitrogens with zero attached hydrogens (tertiary/aromatic N) is 1. The summed E-state index contributed by atoms with van der Waals surface area (Å²) >= 11 is 1.53. The smallest absolute Gasteiger partial charge is 0.254 e. The monoisotopic (exact) mass is 300 g/mol. The van der Waals surface area contributed by atoms with E-state index in [0.29, 0.717) is 18.7 Å². The van der Waals surface area contributed by atoms with Crippen molar-refractivity contribution in [2.75, 3.05) is 13.6 Å². The van der Waals surface area contributed by atoms with Crippen LogP contribution in [0.25, 0.3) is 0 Å². The van der Waals surface area contributed by atoms with Crippen molar-refractivity contribution in [1.82, 2.24) is 4.90 Å². The summed E-state index contributed by atoms with van der Waals surface area (Å²) in [5, 5.41) is 11.4. The van der Waals surface area contributed by atoms with E-state index in [1.807, 2.05) is 11.4 Å². The van der Waals surface area contributed by atoms with Gasteiger partial charge in [0.2, 0.25) is 0 Å². The normalized spacial score (nSPS) is 9.81. The molecule has 0 aliphatic rings. The third kappa shape index (κ3) is 4.09. The minimum Gasteiger partial charge on any atom is -0.508 e. The van der Waals surface area contributed by atoms with Crippen LogP contribution in [0.2, 0.25) is 0 Å². The Morgan fingerprint density at radius 3 is 2.95 bits per heavy atom. The first kappa shape index (κ1) is 15.1. The molecule has 0 saturated carbocycles. The number of benzene rings is 1. The molecule has 5 heteroatoms. The zero-order chi connectivity index (χ0) is 15.2. The lowest BCUT2D eigenvalue weighted by Gasteiger charge is -2.16. The van der Waals surface area contributed by atoms with Crippen LogP contribution in [0.4, 0.5) is 0 Å². The van der Waals surface area contributed by atoms with Gasteiger partial charge in [-0.2, -0.15) is 0 Å². The summed E-state index contributed by atoms with van der Waals surface area (Å²) in [6.45, 7) is 0.832. The lowest BCUT2D eigenvalue weighted by atomic mass is 10.2. The van der Waals surface area contributed by atoms with Gasteiger partial charge in [-0.25, -0.2) is 0 Å². The number of nitrogens with two attached hydrogens (primary N) is 1. The highest BCUT2D eigenvalue weighted by molar-refractivity contribution is 7.10. The van der Waals surface area contributed by atoms with Crippen LogP contribution in [0.1, 0.15) is 20.8 Å². The molecule has 0 aliphatic heterocycles. The Bertz CT molecular complexity index is 698. The molecular formula is C16H16N2O2S. The van der Waals surface area contributed by atoms with Gasteiger partial charge < -0.3 is 15.7 Å².